The first kappa shape index (κ1) is 16.9. The molecule has 1 aliphatic carbocycles. The topological polar surface area (TPSA) is 43.4 Å². The second-order valence-corrected chi connectivity index (χ2v) is 9.17. The third kappa shape index (κ3) is 4.24. The Labute approximate surface area is 130 Å². The van der Waals surface area contributed by atoms with Crippen molar-refractivity contribution in [1.82, 2.24) is 0 Å². The minimum atomic E-state index is -3.05. The van der Waals surface area contributed by atoms with E-state index < -0.39 is 14.6 Å². The summed E-state index contributed by atoms with van der Waals surface area (Å²) in [5.74, 6) is 0.334. The predicted molar refractivity (Wildman–Crippen MR) is 87.0 cm³/mol. The average Bonchev–Trinajstić information content (AvgIpc) is 2.48. The molecule has 3 nitrogen and oxygen atoms in total. The highest BCUT2D eigenvalue weighted by Gasteiger charge is 2.42. The van der Waals surface area contributed by atoms with Crippen LogP contribution >= 0.6 is 0 Å². The number of hydrogen-bond donors (Lipinski definition) is 0. The second-order valence-electron chi connectivity index (χ2n) is 6.67. The van der Waals surface area contributed by atoms with Crippen LogP contribution in [0.5, 0.6) is 0 Å². The van der Waals surface area contributed by atoms with Crippen LogP contribution in [0.15, 0.2) is 11.8 Å². The SMILES string of the molecule is CCC1(COC=C2CCCCC2)CCCCCCS1(=O)=O. The molecule has 1 unspecified atom stereocenters. The number of sulfone groups is 1. The summed E-state index contributed by atoms with van der Waals surface area (Å²) in [6.45, 7) is 2.34. The van der Waals surface area contributed by atoms with Gasteiger partial charge in [-0.25, -0.2) is 8.42 Å². The Bertz CT molecular complexity index is 445. The molecule has 0 spiro atoms. The van der Waals surface area contributed by atoms with Crippen LogP contribution in [0.3, 0.4) is 0 Å². The van der Waals surface area contributed by atoms with Crippen LogP contribution in [-0.4, -0.2) is 25.5 Å². The van der Waals surface area contributed by atoms with Crippen LogP contribution < -0.4 is 0 Å². The van der Waals surface area contributed by atoms with Crippen LogP contribution in [0.25, 0.3) is 0 Å². The monoisotopic (exact) mass is 314 g/mol. The normalized spacial score (nSPS) is 30.2. The van der Waals surface area contributed by atoms with E-state index in [1.807, 2.05) is 13.2 Å². The molecule has 4 heteroatoms. The molecule has 0 aromatic carbocycles. The molecule has 1 aliphatic heterocycles. The van der Waals surface area contributed by atoms with E-state index in [0.29, 0.717) is 18.8 Å². The maximum atomic E-state index is 12.7. The summed E-state index contributed by atoms with van der Waals surface area (Å²) in [6.07, 6.45) is 13.3. The molecule has 2 fully saturated rings. The fourth-order valence-corrected chi connectivity index (χ4v) is 5.72. The van der Waals surface area contributed by atoms with Gasteiger partial charge in [-0.1, -0.05) is 32.6 Å². The summed E-state index contributed by atoms with van der Waals surface area (Å²) in [7, 11) is -3.05. The number of ether oxygens (including phenoxy) is 1. The first-order valence-corrected chi connectivity index (χ1v) is 10.3. The first-order valence-electron chi connectivity index (χ1n) is 8.61. The zero-order valence-electron chi connectivity index (χ0n) is 13.4. The fraction of sp³-hybridized carbons (Fsp3) is 0.882. The van der Waals surface area contributed by atoms with Gasteiger partial charge in [-0.15, -0.1) is 0 Å². The minimum absolute atomic E-state index is 0.334. The minimum Gasteiger partial charge on any atom is -0.500 e. The van der Waals surface area contributed by atoms with Gasteiger partial charge in [0.1, 0.15) is 11.4 Å². The van der Waals surface area contributed by atoms with Crippen LogP contribution in [0.4, 0.5) is 0 Å². The molecular weight excluding hydrogens is 284 g/mol. The van der Waals surface area contributed by atoms with Gasteiger partial charge in [0.2, 0.25) is 0 Å². The highest BCUT2D eigenvalue weighted by molar-refractivity contribution is 7.92. The Hall–Kier alpha value is -0.510. The Morgan fingerprint density at radius 3 is 2.43 bits per heavy atom. The smallest absolute Gasteiger partial charge is 0.159 e. The third-order valence-corrected chi connectivity index (χ3v) is 7.95. The lowest BCUT2D eigenvalue weighted by molar-refractivity contribution is 0.190. The molecule has 0 amide bonds. The van der Waals surface area contributed by atoms with E-state index in [-0.39, 0.29) is 0 Å². The number of hydrogen-bond acceptors (Lipinski definition) is 3. The van der Waals surface area contributed by atoms with Crippen molar-refractivity contribution >= 4 is 9.84 Å². The van der Waals surface area contributed by atoms with Gasteiger partial charge in [-0.3, -0.25) is 0 Å². The van der Waals surface area contributed by atoms with E-state index in [0.717, 1.165) is 44.9 Å². The highest BCUT2D eigenvalue weighted by atomic mass is 32.2. The molecule has 0 aromatic rings. The van der Waals surface area contributed by atoms with Gasteiger partial charge in [0.05, 0.1) is 12.0 Å². The summed E-state index contributed by atoms with van der Waals surface area (Å²) < 4.78 is 30.5. The Morgan fingerprint density at radius 2 is 1.71 bits per heavy atom. The Balaban J connectivity index is 2.03. The van der Waals surface area contributed by atoms with Crippen LogP contribution in [0, 0.1) is 0 Å². The lowest BCUT2D eigenvalue weighted by Crippen LogP contribution is -2.44. The molecule has 1 saturated carbocycles. The van der Waals surface area contributed by atoms with Gasteiger partial charge in [0.15, 0.2) is 9.84 Å². The maximum absolute atomic E-state index is 12.7. The van der Waals surface area contributed by atoms with Crippen molar-refractivity contribution in [1.29, 1.82) is 0 Å². The Morgan fingerprint density at radius 1 is 1.05 bits per heavy atom. The summed E-state index contributed by atoms with van der Waals surface area (Å²) in [6, 6.07) is 0. The van der Waals surface area contributed by atoms with Crippen molar-refractivity contribution in [3.05, 3.63) is 11.8 Å². The molecule has 1 saturated heterocycles. The lowest BCUT2D eigenvalue weighted by Gasteiger charge is -2.33. The average molecular weight is 314 g/mol. The van der Waals surface area contributed by atoms with E-state index in [2.05, 4.69) is 0 Å². The van der Waals surface area contributed by atoms with Crippen molar-refractivity contribution < 1.29 is 13.2 Å². The number of allylic oxidation sites excluding steroid dienone is 1. The van der Waals surface area contributed by atoms with E-state index in [1.165, 1.54) is 24.8 Å². The standard InChI is InChI=1S/C17H30O3S/c1-2-17(12-8-3-4-9-13-21(17,18)19)15-20-14-16-10-6-5-7-11-16/h14H,2-13,15H2,1H3. The zero-order chi connectivity index (χ0) is 15.2. The van der Waals surface area contributed by atoms with Crippen molar-refractivity contribution in [2.45, 2.75) is 82.3 Å². The van der Waals surface area contributed by atoms with Gasteiger partial charge in [-0.05, 0) is 50.5 Å². The van der Waals surface area contributed by atoms with E-state index in [1.54, 1.807) is 0 Å². The molecule has 0 radical (unpaired) electrons. The maximum Gasteiger partial charge on any atom is 0.159 e. The molecular formula is C17H30O3S. The molecule has 2 aliphatic rings. The highest BCUT2D eigenvalue weighted by Crippen LogP contribution is 2.33. The summed E-state index contributed by atoms with van der Waals surface area (Å²) in [5, 5.41) is 0. The van der Waals surface area contributed by atoms with Crippen molar-refractivity contribution in [3.63, 3.8) is 0 Å². The molecule has 21 heavy (non-hydrogen) atoms. The second kappa shape index (κ2) is 7.66. The molecule has 0 bridgehead atoms. The Kier molecular flexibility index (Phi) is 6.15. The third-order valence-electron chi connectivity index (χ3n) is 5.19. The summed E-state index contributed by atoms with van der Waals surface area (Å²) in [4.78, 5) is 0. The van der Waals surface area contributed by atoms with Crippen molar-refractivity contribution in [2.75, 3.05) is 12.4 Å². The van der Waals surface area contributed by atoms with E-state index in [9.17, 15) is 8.42 Å². The quantitative estimate of drug-likeness (QED) is 0.723. The first-order chi connectivity index (χ1) is 10.1. The molecule has 122 valence electrons. The molecule has 0 aromatic heterocycles. The van der Waals surface area contributed by atoms with Gasteiger partial charge in [0, 0.05) is 0 Å². The summed E-state index contributed by atoms with van der Waals surface area (Å²) >= 11 is 0. The number of rotatable bonds is 4. The molecule has 1 heterocycles. The van der Waals surface area contributed by atoms with Crippen LogP contribution in [0.1, 0.15) is 77.6 Å². The van der Waals surface area contributed by atoms with Gasteiger partial charge < -0.3 is 4.74 Å². The van der Waals surface area contributed by atoms with E-state index >= 15 is 0 Å². The molecule has 2 rings (SSSR count). The zero-order valence-corrected chi connectivity index (χ0v) is 14.2. The van der Waals surface area contributed by atoms with Gasteiger partial charge in [0.25, 0.3) is 0 Å². The molecule has 1 atom stereocenters. The van der Waals surface area contributed by atoms with E-state index in [4.69, 9.17) is 4.74 Å². The largest absolute Gasteiger partial charge is 0.500 e. The van der Waals surface area contributed by atoms with Crippen LogP contribution in [0.2, 0.25) is 0 Å². The van der Waals surface area contributed by atoms with Gasteiger partial charge >= 0.3 is 0 Å². The fourth-order valence-electron chi connectivity index (χ4n) is 3.56. The van der Waals surface area contributed by atoms with Crippen LogP contribution in [-0.2, 0) is 14.6 Å². The lowest BCUT2D eigenvalue weighted by atomic mass is 9.96. The summed E-state index contributed by atoms with van der Waals surface area (Å²) in [5.41, 5.74) is 1.36. The molecule has 0 N–H and O–H groups in total. The van der Waals surface area contributed by atoms with Crippen molar-refractivity contribution in [2.24, 2.45) is 0 Å². The van der Waals surface area contributed by atoms with Gasteiger partial charge in [-0.2, -0.15) is 0 Å². The van der Waals surface area contributed by atoms with Crippen molar-refractivity contribution in [3.8, 4) is 0 Å². The predicted octanol–water partition coefficient (Wildman–Crippen LogP) is 4.38.